The molecule has 3 aromatic rings. The molecule has 0 aromatic heterocycles. The minimum Gasteiger partial charge on any atom is -0.496 e. The molecule has 0 aliphatic carbocycles. The molecule has 1 unspecified atom stereocenters. The number of rotatable bonds is 8. The topological polar surface area (TPSA) is 122 Å². The van der Waals surface area contributed by atoms with Gasteiger partial charge in [0.15, 0.2) is 0 Å². The summed E-state index contributed by atoms with van der Waals surface area (Å²) in [6.07, 6.45) is 0.0968. The minimum absolute atomic E-state index is 0.0515. The number of sulfonamides is 1. The van der Waals surface area contributed by atoms with Crippen molar-refractivity contribution in [3.05, 3.63) is 93.5 Å². The highest BCUT2D eigenvalue weighted by molar-refractivity contribution is 7.88. The Morgan fingerprint density at radius 3 is 2.54 bits per heavy atom. The number of benzene rings is 3. The molecule has 0 radical (unpaired) electrons. The Hall–Kier alpha value is -3.60. The van der Waals surface area contributed by atoms with Gasteiger partial charge in [-0.1, -0.05) is 47.5 Å². The van der Waals surface area contributed by atoms with Crippen LogP contribution in [0.1, 0.15) is 21.5 Å². The van der Waals surface area contributed by atoms with Crippen molar-refractivity contribution < 1.29 is 27.5 Å². The molecule has 0 saturated carbocycles. The van der Waals surface area contributed by atoms with E-state index in [1.807, 2.05) is 0 Å². The van der Waals surface area contributed by atoms with Crippen LogP contribution in [0.2, 0.25) is 10.0 Å². The summed E-state index contributed by atoms with van der Waals surface area (Å²) in [5.41, 5.74) is 1.44. The molecule has 204 valence electrons. The van der Waals surface area contributed by atoms with E-state index in [0.29, 0.717) is 26.3 Å². The van der Waals surface area contributed by atoms with Crippen molar-refractivity contribution in [2.75, 3.05) is 25.5 Å². The van der Waals surface area contributed by atoms with E-state index >= 15 is 0 Å². The Bertz CT molecular complexity index is 1520. The van der Waals surface area contributed by atoms with E-state index < -0.39 is 46.0 Å². The summed E-state index contributed by atoms with van der Waals surface area (Å²) < 4.78 is 32.8. The molecule has 1 aliphatic rings. The zero-order chi connectivity index (χ0) is 28.2. The number of nitrogens with zero attached hydrogens (tertiary/aromatic N) is 1. The highest BCUT2D eigenvalue weighted by atomic mass is 35.5. The van der Waals surface area contributed by atoms with Crippen LogP contribution in [0, 0.1) is 5.92 Å². The van der Waals surface area contributed by atoms with Gasteiger partial charge in [0.05, 0.1) is 29.4 Å². The summed E-state index contributed by atoms with van der Waals surface area (Å²) in [6.45, 7) is -0.705. The van der Waals surface area contributed by atoms with Gasteiger partial charge in [0.2, 0.25) is 21.8 Å². The third-order valence-electron chi connectivity index (χ3n) is 6.13. The number of hydrogen-bond acceptors (Lipinski definition) is 6. The number of methoxy groups -OCH3 is 1. The van der Waals surface area contributed by atoms with Gasteiger partial charge in [-0.2, -0.15) is 0 Å². The SMILES string of the molecule is COc1ccc(Cl)cc1CC1CNC(=O)CN(S(=O)(=O)Cc2ccc(Cl)c(C(=O)Nc3ccccc3)c2)C1=O. The maximum Gasteiger partial charge on any atom is 0.257 e. The Labute approximate surface area is 236 Å². The van der Waals surface area contributed by atoms with E-state index in [1.165, 1.54) is 25.3 Å². The van der Waals surface area contributed by atoms with E-state index in [4.69, 9.17) is 27.9 Å². The molecule has 2 N–H and O–H groups in total. The smallest absolute Gasteiger partial charge is 0.257 e. The second-order valence-corrected chi connectivity index (χ2v) is 11.6. The number of carbonyl (C=O) groups is 3. The number of nitrogens with one attached hydrogen (secondary N) is 2. The number of ether oxygens (including phenoxy) is 1. The van der Waals surface area contributed by atoms with Crippen molar-refractivity contribution in [1.82, 2.24) is 9.62 Å². The molecule has 0 spiro atoms. The molecule has 4 rings (SSSR count). The van der Waals surface area contributed by atoms with Crippen LogP contribution in [-0.4, -0.2) is 50.6 Å². The van der Waals surface area contributed by atoms with Crippen molar-refractivity contribution in [2.45, 2.75) is 12.2 Å². The molecular formula is C27H25Cl2N3O6S. The van der Waals surface area contributed by atoms with Gasteiger partial charge in [-0.05, 0) is 60.0 Å². The lowest BCUT2D eigenvalue weighted by molar-refractivity contribution is -0.131. The van der Waals surface area contributed by atoms with Crippen LogP contribution in [0.5, 0.6) is 5.75 Å². The first-order valence-corrected chi connectivity index (χ1v) is 14.2. The van der Waals surface area contributed by atoms with Crippen LogP contribution in [0.25, 0.3) is 0 Å². The van der Waals surface area contributed by atoms with Crippen LogP contribution >= 0.6 is 23.2 Å². The van der Waals surface area contributed by atoms with Gasteiger partial charge in [-0.25, -0.2) is 12.7 Å². The van der Waals surface area contributed by atoms with Crippen molar-refractivity contribution in [3.63, 3.8) is 0 Å². The number of para-hydroxylation sites is 1. The van der Waals surface area contributed by atoms with E-state index in [1.54, 1.807) is 48.5 Å². The second-order valence-electron chi connectivity index (χ2n) is 8.90. The molecule has 3 amide bonds. The fourth-order valence-corrected chi connectivity index (χ4v) is 6.10. The molecule has 39 heavy (non-hydrogen) atoms. The molecule has 1 aliphatic heterocycles. The van der Waals surface area contributed by atoms with Gasteiger partial charge >= 0.3 is 0 Å². The van der Waals surface area contributed by atoms with Gasteiger partial charge in [0.1, 0.15) is 12.3 Å². The third-order valence-corrected chi connectivity index (χ3v) is 8.37. The van der Waals surface area contributed by atoms with Crippen LogP contribution < -0.4 is 15.4 Å². The molecule has 1 heterocycles. The van der Waals surface area contributed by atoms with E-state index in [2.05, 4.69) is 10.6 Å². The van der Waals surface area contributed by atoms with Crippen molar-refractivity contribution in [3.8, 4) is 5.75 Å². The van der Waals surface area contributed by atoms with Gasteiger partial charge in [-0.3, -0.25) is 14.4 Å². The Balaban J connectivity index is 1.57. The van der Waals surface area contributed by atoms with Crippen LogP contribution in [0.3, 0.4) is 0 Å². The first-order chi connectivity index (χ1) is 18.6. The van der Waals surface area contributed by atoms with Crippen LogP contribution in [0.4, 0.5) is 5.69 Å². The highest BCUT2D eigenvalue weighted by Gasteiger charge is 2.37. The zero-order valence-corrected chi connectivity index (χ0v) is 23.1. The normalized spacial score (nSPS) is 15.9. The number of carbonyl (C=O) groups excluding carboxylic acids is 3. The summed E-state index contributed by atoms with van der Waals surface area (Å²) in [4.78, 5) is 38.6. The lowest BCUT2D eigenvalue weighted by Gasteiger charge is -2.23. The minimum atomic E-state index is -4.31. The van der Waals surface area contributed by atoms with Crippen molar-refractivity contribution in [1.29, 1.82) is 0 Å². The van der Waals surface area contributed by atoms with Crippen molar-refractivity contribution >= 4 is 56.6 Å². The fraction of sp³-hybridized carbons (Fsp3) is 0.222. The third kappa shape index (κ3) is 6.89. The van der Waals surface area contributed by atoms with E-state index in [-0.39, 0.29) is 29.1 Å². The summed E-state index contributed by atoms with van der Waals surface area (Å²) in [5.74, 6) is -2.87. The predicted octanol–water partition coefficient (Wildman–Crippen LogP) is 3.90. The van der Waals surface area contributed by atoms with Crippen LogP contribution in [-0.2, 0) is 31.8 Å². The Kier molecular flexibility index (Phi) is 8.79. The highest BCUT2D eigenvalue weighted by Crippen LogP contribution is 2.28. The summed E-state index contributed by atoms with van der Waals surface area (Å²) in [6, 6.07) is 17.9. The number of halogens is 2. The van der Waals surface area contributed by atoms with E-state index in [9.17, 15) is 22.8 Å². The largest absolute Gasteiger partial charge is 0.496 e. The van der Waals surface area contributed by atoms with Gasteiger partial charge in [0.25, 0.3) is 5.91 Å². The Morgan fingerprint density at radius 2 is 1.82 bits per heavy atom. The first kappa shape index (κ1) is 28.4. The van der Waals surface area contributed by atoms with Gasteiger partial charge < -0.3 is 15.4 Å². The maximum absolute atomic E-state index is 13.4. The van der Waals surface area contributed by atoms with Crippen molar-refractivity contribution in [2.24, 2.45) is 5.92 Å². The maximum atomic E-state index is 13.4. The molecule has 1 saturated heterocycles. The van der Waals surface area contributed by atoms with E-state index in [0.717, 1.165) is 0 Å². The molecule has 9 nitrogen and oxygen atoms in total. The van der Waals surface area contributed by atoms with Gasteiger partial charge in [-0.15, -0.1) is 0 Å². The lowest BCUT2D eigenvalue weighted by atomic mass is 9.98. The average Bonchev–Trinajstić information content (AvgIpc) is 3.04. The number of anilines is 1. The molecule has 1 fully saturated rings. The predicted molar refractivity (Wildman–Crippen MR) is 148 cm³/mol. The molecule has 0 bridgehead atoms. The molecule has 1 atom stereocenters. The summed E-state index contributed by atoms with van der Waals surface area (Å²) in [7, 11) is -2.84. The number of hydrogen-bond donors (Lipinski definition) is 2. The Morgan fingerprint density at radius 1 is 1.08 bits per heavy atom. The monoisotopic (exact) mass is 589 g/mol. The molecular weight excluding hydrogens is 565 g/mol. The molecule has 12 heteroatoms. The second kappa shape index (κ2) is 12.1. The summed E-state index contributed by atoms with van der Waals surface area (Å²) >= 11 is 12.3. The fourth-order valence-electron chi connectivity index (χ4n) is 4.20. The summed E-state index contributed by atoms with van der Waals surface area (Å²) in [5, 5.41) is 5.87. The molecule has 3 aromatic carbocycles. The van der Waals surface area contributed by atoms with Crippen LogP contribution in [0.15, 0.2) is 66.7 Å². The van der Waals surface area contributed by atoms with Gasteiger partial charge in [0, 0.05) is 17.3 Å². The number of amides is 3. The lowest BCUT2D eigenvalue weighted by Crippen LogP contribution is -2.43. The standard InChI is InChI=1S/C27H25Cl2N3O6S/c1-38-24-10-8-20(28)13-18(24)12-19-14-30-25(33)15-32(27(19)35)39(36,37)16-17-7-9-23(29)22(11-17)26(34)31-21-5-3-2-4-6-21/h2-11,13,19H,12,14-16H2,1H3,(H,30,33)(H,31,34). The first-order valence-electron chi connectivity index (χ1n) is 11.9. The quantitative estimate of drug-likeness (QED) is 0.411. The average molecular weight is 590 g/mol. The zero-order valence-electron chi connectivity index (χ0n) is 20.8.